The van der Waals surface area contributed by atoms with Crippen LogP contribution >= 0.6 is 11.6 Å². The molecule has 2 N–H and O–H groups in total. The van der Waals surface area contributed by atoms with E-state index in [1.807, 2.05) is 13.8 Å². The molecular formula is C17H17ClN2O3. The lowest BCUT2D eigenvalue weighted by Gasteiger charge is -2.14. The Balaban J connectivity index is 2.04. The molecule has 0 bridgehead atoms. The van der Waals surface area contributed by atoms with Crippen molar-refractivity contribution in [3.05, 3.63) is 53.6 Å². The summed E-state index contributed by atoms with van der Waals surface area (Å²) in [6, 6.07) is 13.4. The molecule has 0 saturated heterocycles. The molecule has 0 atom stereocenters. The molecule has 0 unspecified atom stereocenters. The summed E-state index contributed by atoms with van der Waals surface area (Å²) >= 11 is 5.77. The first-order chi connectivity index (χ1) is 11.0. The van der Waals surface area contributed by atoms with Gasteiger partial charge in [-0.05, 0) is 50.2 Å². The zero-order chi connectivity index (χ0) is 16.8. The molecule has 2 aromatic carbocycles. The summed E-state index contributed by atoms with van der Waals surface area (Å²) < 4.78 is 5.60. The summed E-state index contributed by atoms with van der Waals surface area (Å²) in [4.78, 5) is 24.0. The first-order valence-corrected chi connectivity index (χ1v) is 7.47. The Hall–Kier alpha value is -2.53. The standard InChI is InChI=1S/C17H17ClN2O3/c1-11(2)23-15-6-4-3-5-14(15)20-17(22)16(21)19-13-9-7-12(18)8-10-13/h3-11H,1-2H3,(H,19,21)(H,20,22). The van der Waals surface area contributed by atoms with Crippen molar-refractivity contribution in [2.45, 2.75) is 20.0 Å². The number of hydrogen-bond donors (Lipinski definition) is 2. The Morgan fingerprint density at radius 3 is 2.22 bits per heavy atom. The Labute approximate surface area is 139 Å². The van der Waals surface area contributed by atoms with Gasteiger partial charge in [-0.25, -0.2) is 0 Å². The molecule has 0 aliphatic heterocycles. The summed E-state index contributed by atoms with van der Waals surface area (Å²) in [5.41, 5.74) is 0.929. The van der Waals surface area contributed by atoms with Gasteiger partial charge in [-0.2, -0.15) is 0 Å². The number of anilines is 2. The number of amides is 2. The van der Waals surface area contributed by atoms with Crippen LogP contribution in [0, 0.1) is 0 Å². The number of carbonyl (C=O) groups is 2. The third kappa shape index (κ3) is 5.00. The molecule has 0 aliphatic rings. The number of para-hydroxylation sites is 2. The van der Waals surface area contributed by atoms with Crippen LogP contribution in [0.1, 0.15) is 13.8 Å². The number of halogens is 1. The zero-order valence-electron chi connectivity index (χ0n) is 12.8. The number of nitrogens with one attached hydrogen (secondary N) is 2. The summed E-state index contributed by atoms with van der Waals surface area (Å²) in [6.07, 6.45) is -0.0454. The molecule has 2 rings (SSSR count). The minimum absolute atomic E-state index is 0.0454. The minimum atomic E-state index is -0.778. The van der Waals surface area contributed by atoms with E-state index in [9.17, 15) is 9.59 Å². The molecule has 0 aliphatic carbocycles. The first kappa shape index (κ1) is 16.8. The summed E-state index contributed by atoms with van der Waals surface area (Å²) in [5.74, 6) is -1.04. The van der Waals surface area contributed by atoms with Crippen molar-refractivity contribution in [2.75, 3.05) is 10.6 Å². The highest BCUT2D eigenvalue weighted by atomic mass is 35.5. The summed E-state index contributed by atoms with van der Waals surface area (Å²) in [5, 5.41) is 5.59. The van der Waals surface area contributed by atoms with Crippen LogP contribution < -0.4 is 15.4 Å². The lowest BCUT2D eigenvalue weighted by atomic mass is 10.2. The van der Waals surface area contributed by atoms with Crippen LogP contribution in [0.4, 0.5) is 11.4 Å². The molecule has 0 radical (unpaired) electrons. The summed E-state index contributed by atoms with van der Waals surface area (Å²) in [6.45, 7) is 3.76. The molecule has 23 heavy (non-hydrogen) atoms. The molecule has 0 saturated carbocycles. The highest BCUT2D eigenvalue weighted by Crippen LogP contribution is 2.24. The van der Waals surface area contributed by atoms with Crippen molar-refractivity contribution in [3.8, 4) is 5.75 Å². The number of carbonyl (C=O) groups excluding carboxylic acids is 2. The number of hydrogen-bond acceptors (Lipinski definition) is 3. The van der Waals surface area contributed by atoms with E-state index in [1.165, 1.54) is 0 Å². The molecule has 0 fully saturated rings. The summed E-state index contributed by atoms with van der Waals surface area (Å²) in [7, 11) is 0. The molecule has 2 amide bonds. The smallest absolute Gasteiger partial charge is 0.314 e. The van der Waals surface area contributed by atoms with Crippen molar-refractivity contribution in [2.24, 2.45) is 0 Å². The molecule has 0 aromatic heterocycles. The van der Waals surface area contributed by atoms with E-state index in [-0.39, 0.29) is 6.10 Å². The highest BCUT2D eigenvalue weighted by Gasteiger charge is 2.16. The van der Waals surface area contributed by atoms with Crippen LogP contribution in [0.25, 0.3) is 0 Å². The maximum absolute atomic E-state index is 12.0. The maximum Gasteiger partial charge on any atom is 0.314 e. The van der Waals surface area contributed by atoms with Crippen molar-refractivity contribution >= 4 is 34.8 Å². The molecule has 6 heteroatoms. The van der Waals surface area contributed by atoms with E-state index < -0.39 is 11.8 Å². The Morgan fingerprint density at radius 1 is 0.957 bits per heavy atom. The Bertz CT molecular complexity index is 699. The van der Waals surface area contributed by atoms with Crippen molar-refractivity contribution in [3.63, 3.8) is 0 Å². The van der Waals surface area contributed by atoms with E-state index in [0.717, 1.165) is 0 Å². The third-order valence-corrected chi connectivity index (χ3v) is 3.06. The van der Waals surface area contributed by atoms with E-state index in [1.54, 1.807) is 48.5 Å². The van der Waals surface area contributed by atoms with Gasteiger partial charge in [-0.3, -0.25) is 9.59 Å². The predicted molar refractivity (Wildman–Crippen MR) is 90.9 cm³/mol. The average molecular weight is 333 g/mol. The molecule has 2 aromatic rings. The highest BCUT2D eigenvalue weighted by molar-refractivity contribution is 6.43. The SMILES string of the molecule is CC(C)Oc1ccccc1NC(=O)C(=O)Nc1ccc(Cl)cc1. The Morgan fingerprint density at radius 2 is 1.57 bits per heavy atom. The number of rotatable bonds is 4. The normalized spacial score (nSPS) is 10.3. The lowest BCUT2D eigenvalue weighted by molar-refractivity contribution is -0.133. The van der Waals surface area contributed by atoms with Crippen LogP contribution in [-0.2, 0) is 9.59 Å². The topological polar surface area (TPSA) is 67.4 Å². The van der Waals surface area contributed by atoms with Gasteiger partial charge in [0, 0.05) is 10.7 Å². The quantitative estimate of drug-likeness (QED) is 0.839. The molecule has 120 valence electrons. The van der Waals surface area contributed by atoms with Gasteiger partial charge in [0.05, 0.1) is 11.8 Å². The van der Waals surface area contributed by atoms with Gasteiger partial charge in [-0.1, -0.05) is 23.7 Å². The van der Waals surface area contributed by atoms with Crippen LogP contribution in [0.3, 0.4) is 0 Å². The van der Waals surface area contributed by atoms with E-state index in [4.69, 9.17) is 16.3 Å². The fraction of sp³-hybridized carbons (Fsp3) is 0.176. The van der Waals surface area contributed by atoms with Gasteiger partial charge in [-0.15, -0.1) is 0 Å². The van der Waals surface area contributed by atoms with E-state index in [0.29, 0.717) is 22.1 Å². The van der Waals surface area contributed by atoms with Crippen LogP contribution in [0.2, 0.25) is 5.02 Å². The van der Waals surface area contributed by atoms with Gasteiger partial charge in [0.25, 0.3) is 0 Å². The lowest BCUT2D eigenvalue weighted by Crippen LogP contribution is -2.29. The van der Waals surface area contributed by atoms with Gasteiger partial charge in [0.15, 0.2) is 0 Å². The largest absolute Gasteiger partial charge is 0.489 e. The second-order valence-corrected chi connectivity index (χ2v) is 5.51. The fourth-order valence-corrected chi connectivity index (χ4v) is 1.95. The first-order valence-electron chi connectivity index (χ1n) is 7.09. The number of benzene rings is 2. The predicted octanol–water partition coefficient (Wildman–Crippen LogP) is 3.70. The molecule has 5 nitrogen and oxygen atoms in total. The van der Waals surface area contributed by atoms with Crippen molar-refractivity contribution < 1.29 is 14.3 Å². The van der Waals surface area contributed by atoms with E-state index >= 15 is 0 Å². The van der Waals surface area contributed by atoms with Crippen LogP contribution in [-0.4, -0.2) is 17.9 Å². The second kappa shape index (κ2) is 7.65. The molecule has 0 heterocycles. The molecule has 0 spiro atoms. The van der Waals surface area contributed by atoms with Crippen molar-refractivity contribution in [1.29, 1.82) is 0 Å². The fourth-order valence-electron chi connectivity index (χ4n) is 1.83. The Kier molecular flexibility index (Phi) is 5.60. The van der Waals surface area contributed by atoms with Gasteiger partial charge >= 0.3 is 11.8 Å². The zero-order valence-corrected chi connectivity index (χ0v) is 13.6. The second-order valence-electron chi connectivity index (χ2n) is 5.08. The minimum Gasteiger partial charge on any atom is -0.489 e. The third-order valence-electron chi connectivity index (χ3n) is 2.81. The number of ether oxygens (including phenoxy) is 1. The monoisotopic (exact) mass is 332 g/mol. The van der Waals surface area contributed by atoms with Crippen LogP contribution in [0.15, 0.2) is 48.5 Å². The van der Waals surface area contributed by atoms with Crippen LogP contribution in [0.5, 0.6) is 5.75 Å². The van der Waals surface area contributed by atoms with E-state index in [2.05, 4.69) is 10.6 Å². The van der Waals surface area contributed by atoms with Crippen molar-refractivity contribution in [1.82, 2.24) is 0 Å². The molecular weight excluding hydrogens is 316 g/mol. The van der Waals surface area contributed by atoms with Gasteiger partial charge in [0.2, 0.25) is 0 Å². The van der Waals surface area contributed by atoms with Gasteiger partial charge < -0.3 is 15.4 Å². The van der Waals surface area contributed by atoms with Gasteiger partial charge in [0.1, 0.15) is 5.75 Å². The maximum atomic E-state index is 12.0. The average Bonchev–Trinajstić information content (AvgIpc) is 2.51.